The Bertz CT molecular complexity index is 976. The Morgan fingerprint density at radius 1 is 1.19 bits per heavy atom. The number of benzene rings is 1. The summed E-state index contributed by atoms with van der Waals surface area (Å²) in [7, 11) is 0. The fourth-order valence-electron chi connectivity index (χ4n) is 3.44. The largest absolute Gasteiger partial charge is 0.385 e. The van der Waals surface area contributed by atoms with Gasteiger partial charge in [-0.05, 0) is 55.9 Å². The van der Waals surface area contributed by atoms with E-state index in [0.717, 1.165) is 60.6 Å². The molecule has 26 heavy (non-hydrogen) atoms. The summed E-state index contributed by atoms with van der Waals surface area (Å²) in [6.07, 6.45) is 6.60. The second-order valence-electron chi connectivity index (χ2n) is 6.63. The van der Waals surface area contributed by atoms with Gasteiger partial charge in [0.05, 0.1) is 0 Å². The van der Waals surface area contributed by atoms with E-state index in [9.17, 15) is 4.79 Å². The highest BCUT2D eigenvalue weighted by molar-refractivity contribution is 6.30. The number of hydrogen-bond donors (Lipinski definition) is 2. The standard InChI is InChI=1S/C20H21ClN4O/c21-15-5-3-4-14(12-15)8-10-22-16-9-11-23-19(13-16)25-20(26)17-6-1-2-7-18(17)24-25/h3-5,9,11-13,24H,1-2,6-8,10H2,(H,22,23). The summed E-state index contributed by atoms with van der Waals surface area (Å²) in [5, 5.41) is 7.38. The van der Waals surface area contributed by atoms with Crippen molar-refractivity contribution in [2.45, 2.75) is 32.1 Å². The van der Waals surface area contributed by atoms with Crippen LogP contribution in [0.15, 0.2) is 47.4 Å². The third kappa shape index (κ3) is 3.53. The van der Waals surface area contributed by atoms with Crippen LogP contribution in [0.3, 0.4) is 0 Å². The number of aromatic nitrogens is 3. The van der Waals surface area contributed by atoms with E-state index in [2.05, 4.69) is 21.5 Å². The minimum atomic E-state index is 0.0308. The van der Waals surface area contributed by atoms with Crippen LogP contribution >= 0.6 is 11.6 Å². The molecule has 0 radical (unpaired) electrons. The summed E-state index contributed by atoms with van der Waals surface area (Å²) in [6, 6.07) is 11.7. The second-order valence-corrected chi connectivity index (χ2v) is 7.06. The molecule has 1 aliphatic rings. The molecule has 4 rings (SSSR count). The van der Waals surface area contributed by atoms with Crippen LogP contribution in [0.1, 0.15) is 29.7 Å². The summed E-state index contributed by atoms with van der Waals surface area (Å²) in [6.45, 7) is 0.778. The lowest BCUT2D eigenvalue weighted by atomic mass is 9.98. The summed E-state index contributed by atoms with van der Waals surface area (Å²) in [5.41, 5.74) is 4.13. The van der Waals surface area contributed by atoms with E-state index < -0.39 is 0 Å². The van der Waals surface area contributed by atoms with Crippen molar-refractivity contribution in [3.63, 3.8) is 0 Å². The Morgan fingerprint density at radius 2 is 2.08 bits per heavy atom. The number of H-pyrrole nitrogens is 1. The maximum Gasteiger partial charge on any atom is 0.276 e. The Hall–Kier alpha value is -2.53. The van der Waals surface area contributed by atoms with Crippen molar-refractivity contribution in [1.82, 2.24) is 14.8 Å². The Morgan fingerprint density at radius 3 is 2.92 bits per heavy atom. The van der Waals surface area contributed by atoms with Crippen molar-refractivity contribution in [2.75, 3.05) is 11.9 Å². The molecular weight excluding hydrogens is 348 g/mol. The molecule has 0 amide bonds. The zero-order valence-electron chi connectivity index (χ0n) is 14.5. The number of anilines is 1. The van der Waals surface area contributed by atoms with Crippen molar-refractivity contribution in [3.8, 4) is 5.82 Å². The molecular formula is C20H21ClN4O. The van der Waals surface area contributed by atoms with Gasteiger partial charge in [-0.25, -0.2) is 9.67 Å². The third-order valence-corrected chi connectivity index (χ3v) is 5.02. The van der Waals surface area contributed by atoms with Crippen LogP contribution in [-0.4, -0.2) is 21.3 Å². The van der Waals surface area contributed by atoms with E-state index >= 15 is 0 Å². The molecule has 0 unspecified atom stereocenters. The number of aromatic amines is 1. The minimum absolute atomic E-state index is 0.0308. The molecule has 5 nitrogen and oxygen atoms in total. The van der Waals surface area contributed by atoms with Crippen molar-refractivity contribution < 1.29 is 0 Å². The maximum atomic E-state index is 12.6. The SMILES string of the molecule is O=c1c2c([nH]n1-c1cc(NCCc3cccc(Cl)c3)ccn1)CCCC2. The van der Waals surface area contributed by atoms with Gasteiger partial charge < -0.3 is 5.32 Å². The van der Waals surface area contributed by atoms with Gasteiger partial charge in [-0.15, -0.1) is 0 Å². The Labute approximate surface area is 157 Å². The summed E-state index contributed by atoms with van der Waals surface area (Å²) in [5.74, 6) is 0.622. The number of nitrogens with zero attached hydrogens (tertiary/aromatic N) is 2. The zero-order valence-corrected chi connectivity index (χ0v) is 15.2. The highest BCUT2D eigenvalue weighted by atomic mass is 35.5. The molecule has 134 valence electrons. The van der Waals surface area contributed by atoms with Gasteiger partial charge in [0.15, 0.2) is 5.82 Å². The van der Waals surface area contributed by atoms with E-state index in [0.29, 0.717) is 5.82 Å². The fourth-order valence-corrected chi connectivity index (χ4v) is 3.65. The summed E-state index contributed by atoms with van der Waals surface area (Å²) >= 11 is 6.02. The first-order valence-corrected chi connectivity index (χ1v) is 9.36. The lowest BCUT2D eigenvalue weighted by Gasteiger charge is -2.08. The van der Waals surface area contributed by atoms with Gasteiger partial charge in [0, 0.05) is 40.8 Å². The van der Waals surface area contributed by atoms with Crippen molar-refractivity contribution in [1.29, 1.82) is 0 Å². The molecule has 0 bridgehead atoms. The number of nitrogens with one attached hydrogen (secondary N) is 2. The monoisotopic (exact) mass is 368 g/mol. The average Bonchev–Trinajstić information content (AvgIpc) is 2.99. The molecule has 0 aliphatic heterocycles. The molecule has 6 heteroatoms. The minimum Gasteiger partial charge on any atom is -0.385 e. The molecule has 3 aromatic rings. The molecule has 1 aliphatic carbocycles. The number of hydrogen-bond acceptors (Lipinski definition) is 3. The van der Waals surface area contributed by atoms with Gasteiger partial charge in [0.25, 0.3) is 5.56 Å². The van der Waals surface area contributed by atoms with Crippen molar-refractivity contribution >= 4 is 17.3 Å². The molecule has 0 saturated carbocycles. The number of aryl methyl sites for hydroxylation is 1. The fraction of sp³-hybridized carbons (Fsp3) is 0.300. The number of halogens is 1. The number of fused-ring (bicyclic) bond motifs is 1. The lowest BCUT2D eigenvalue weighted by molar-refractivity contribution is 0.670. The predicted octanol–water partition coefficient (Wildman–Crippen LogP) is 3.75. The lowest BCUT2D eigenvalue weighted by Crippen LogP contribution is -2.19. The average molecular weight is 369 g/mol. The van der Waals surface area contributed by atoms with Crippen LogP contribution in [0.2, 0.25) is 5.02 Å². The molecule has 2 heterocycles. The number of rotatable bonds is 5. The second kappa shape index (κ2) is 7.38. The zero-order chi connectivity index (χ0) is 17.9. The third-order valence-electron chi connectivity index (χ3n) is 4.78. The van der Waals surface area contributed by atoms with Gasteiger partial charge in [-0.1, -0.05) is 23.7 Å². The summed E-state index contributed by atoms with van der Waals surface area (Å²) in [4.78, 5) is 17.0. The normalized spacial score (nSPS) is 13.4. The first-order chi connectivity index (χ1) is 12.7. The predicted molar refractivity (Wildman–Crippen MR) is 104 cm³/mol. The van der Waals surface area contributed by atoms with Gasteiger partial charge in [0.1, 0.15) is 0 Å². The molecule has 0 fully saturated rings. The van der Waals surface area contributed by atoms with Gasteiger partial charge in [-0.2, -0.15) is 0 Å². The van der Waals surface area contributed by atoms with Crippen LogP contribution in [0.25, 0.3) is 5.82 Å². The van der Waals surface area contributed by atoms with Crippen molar-refractivity contribution in [3.05, 3.63) is 74.8 Å². The van der Waals surface area contributed by atoms with Crippen LogP contribution in [0.5, 0.6) is 0 Å². The molecule has 2 N–H and O–H groups in total. The van der Waals surface area contributed by atoms with E-state index in [1.54, 1.807) is 10.9 Å². The molecule has 0 atom stereocenters. The van der Waals surface area contributed by atoms with E-state index in [1.165, 1.54) is 5.56 Å². The van der Waals surface area contributed by atoms with Gasteiger partial charge in [0.2, 0.25) is 0 Å². The smallest absolute Gasteiger partial charge is 0.276 e. The first-order valence-electron chi connectivity index (χ1n) is 8.98. The van der Waals surface area contributed by atoms with Crippen LogP contribution in [0.4, 0.5) is 5.69 Å². The first kappa shape index (κ1) is 16.9. The highest BCUT2D eigenvalue weighted by Gasteiger charge is 2.18. The Kier molecular flexibility index (Phi) is 4.80. The molecule has 2 aromatic heterocycles. The van der Waals surface area contributed by atoms with Crippen LogP contribution in [-0.2, 0) is 19.3 Å². The maximum absolute atomic E-state index is 12.6. The summed E-state index contributed by atoms with van der Waals surface area (Å²) < 4.78 is 1.57. The molecule has 0 spiro atoms. The van der Waals surface area contributed by atoms with Gasteiger partial charge >= 0.3 is 0 Å². The van der Waals surface area contributed by atoms with Crippen molar-refractivity contribution in [2.24, 2.45) is 0 Å². The molecule has 0 saturated heterocycles. The van der Waals surface area contributed by atoms with Crippen LogP contribution < -0.4 is 10.9 Å². The van der Waals surface area contributed by atoms with E-state index in [4.69, 9.17) is 11.6 Å². The van der Waals surface area contributed by atoms with Gasteiger partial charge in [-0.3, -0.25) is 9.89 Å². The van der Waals surface area contributed by atoms with E-state index in [1.807, 2.05) is 30.3 Å². The Balaban J connectivity index is 1.49. The quantitative estimate of drug-likeness (QED) is 0.721. The topological polar surface area (TPSA) is 62.7 Å². The highest BCUT2D eigenvalue weighted by Crippen LogP contribution is 2.18. The van der Waals surface area contributed by atoms with Crippen LogP contribution in [0, 0.1) is 0 Å². The number of pyridine rings is 1. The molecule has 1 aromatic carbocycles. The van der Waals surface area contributed by atoms with E-state index in [-0.39, 0.29) is 5.56 Å².